The van der Waals surface area contributed by atoms with Crippen molar-refractivity contribution in [2.75, 3.05) is 23.9 Å². The summed E-state index contributed by atoms with van der Waals surface area (Å²) in [6.07, 6.45) is 0.988. The second kappa shape index (κ2) is 11.9. The number of anilines is 1. The second-order valence-electron chi connectivity index (χ2n) is 6.42. The summed E-state index contributed by atoms with van der Waals surface area (Å²) in [5.74, 6) is -0.389. The number of hydrogen-bond acceptors (Lipinski definition) is 4. The van der Waals surface area contributed by atoms with Crippen molar-refractivity contribution in [1.82, 2.24) is 10.6 Å². The molecule has 30 heavy (non-hydrogen) atoms. The third-order valence-corrected chi connectivity index (χ3v) is 5.84. The number of hydrogen-bond donors (Lipinski definition) is 2. The van der Waals surface area contributed by atoms with Crippen LogP contribution in [0.4, 0.5) is 5.69 Å². The Morgan fingerprint density at radius 2 is 1.73 bits per heavy atom. The lowest BCUT2D eigenvalue weighted by Gasteiger charge is -2.26. The molecule has 2 amide bonds. The average molecular weight is 471 g/mol. The van der Waals surface area contributed by atoms with Gasteiger partial charge < -0.3 is 19.5 Å². The molecule has 2 aromatic rings. The molecule has 0 bridgehead atoms. The fraction of sp³-hybridized carbons (Fsp3) is 0.300. The summed E-state index contributed by atoms with van der Waals surface area (Å²) in [5.41, 5.74) is 1.59. The molecule has 0 saturated heterocycles. The molecule has 2 rings (SSSR count). The fourth-order valence-corrected chi connectivity index (χ4v) is 3.64. The summed E-state index contributed by atoms with van der Waals surface area (Å²) in [5, 5.41) is 6.22. The molecule has 0 spiro atoms. The highest BCUT2D eigenvalue weighted by molar-refractivity contribution is 7.80. The minimum atomic E-state index is -2.50. The minimum absolute atomic E-state index is 0.116. The summed E-state index contributed by atoms with van der Waals surface area (Å²) in [7, 11) is 0. The van der Waals surface area contributed by atoms with Gasteiger partial charge in [-0.1, -0.05) is 35.3 Å². The quantitative estimate of drug-likeness (QED) is 0.411. The van der Waals surface area contributed by atoms with Crippen LogP contribution in [0.3, 0.4) is 0 Å². The van der Waals surface area contributed by atoms with Crippen LogP contribution in [-0.4, -0.2) is 40.2 Å². The summed E-state index contributed by atoms with van der Waals surface area (Å²) < 4.78 is 24.6. The van der Waals surface area contributed by atoms with Crippen molar-refractivity contribution in [3.63, 3.8) is 0 Å². The van der Waals surface area contributed by atoms with Crippen LogP contribution >= 0.6 is 23.2 Å². The van der Waals surface area contributed by atoms with E-state index in [2.05, 4.69) is 10.6 Å². The van der Waals surface area contributed by atoms with E-state index in [0.29, 0.717) is 47.2 Å². The number of nitrogens with one attached hydrogen (secondary N) is 2. The van der Waals surface area contributed by atoms with Gasteiger partial charge in [0.25, 0.3) is 5.91 Å². The van der Waals surface area contributed by atoms with Crippen LogP contribution in [0.15, 0.2) is 42.5 Å². The monoisotopic (exact) mass is 470 g/mol. The molecule has 2 N–H and O–H groups in total. The predicted octanol–water partition coefficient (Wildman–Crippen LogP) is 3.09. The Hall–Kier alpha value is -2.13. The van der Waals surface area contributed by atoms with Crippen LogP contribution in [0.25, 0.3) is 0 Å². The van der Waals surface area contributed by atoms with E-state index in [1.54, 1.807) is 42.5 Å². The van der Waals surface area contributed by atoms with Gasteiger partial charge in [-0.3, -0.25) is 13.8 Å². The number of carbonyl (C=O) groups is 2. The average Bonchev–Trinajstić information content (AvgIpc) is 2.70. The third kappa shape index (κ3) is 7.28. The molecule has 0 aromatic heterocycles. The van der Waals surface area contributed by atoms with E-state index in [9.17, 15) is 18.4 Å². The van der Waals surface area contributed by atoms with Crippen molar-refractivity contribution >= 4 is 52.0 Å². The SMILES string of the molecule is CC(=O)NCCCNC(=O)c1ccc(N(CCc2cccc(Cl)c2Cl)S(=O)[O-])cc1. The Morgan fingerprint density at radius 3 is 2.37 bits per heavy atom. The number of halogens is 2. The maximum atomic E-state index is 12.2. The Bertz CT molecular complexity index is 909. The van der Waals surface area contributed by atoms with E-state index in [0.717, 1.165) is 5.56 Å². The number of nitrogens with zero attached hydrogens (tertiary/aromatic N) is 1. The van der Waals surface area contributed by atoms with Gasteiger partial charge in [-0.25, -0.2) is 0 Å². The highest BCUT2D eigenvalue weighted by atomic mass is 35.5. The standard InChI is InChI=1S/C20H23Cl2N3O4S/c1-14(26)23-11-3-12-24-20(27)16-6-8-17(9-7-16)25(30(28)29)13-10-15-4-2-5-18(21)19(15)22/h2,4-9H,3,10-13H2,1H3,(H,23,26)(H,24,27)(H,28,29)/p-1. The maximum Gasteiger partial charge on any atom is 0.251 e. The van der Waals surface area contributed by atoms with Gasteiger partial charge >= 0.3 is 0 Å². The van der Waals surface area contributed by atoms with Crippen LogP contribution in [0.2, 0.25) is 10.0 Å². The Kier molecular flexibility index (Phi) is 9.58. The Balaban J connectivity index is 1.96. The summed E-state index contributed by atoms with van der Waals surface area (Å²) in [6.45, 7) is 2.50. The largest absolute Gasteiger partial charge is 0.755 e. The molecule has 2 aromatic carbocycles. The zero-order chi connectivity index (χ0) is 22.1. The van der Waals surface area contributed by atoms with Crippen molar-refractivity contribution in [3.8, 4) is 0 Å². The van der Waals surface area contributed by atoms with E-state index >= 15 is 0 Å². The third-order valence-electron chi connectivity index (χ3n) is 4.23. The van der Waals surface area contributed by atoms with Gasteiger partial charge in [-0.05, 0) is 48.7 Å². The van der Waals surface area contributed by atoms with Crippen LogP contribution in [0.5, 0.6) is 0 Å². The molecule has 162 valence electrons. The number of rotatable bonds is 10. The first-order valence-corrected chi connectivity index (χ1v) is 11.0. The van der Waals surface area contributed by atoms with E-state index in [1.807, 2.05) is 0 Å². The fourth-order valence-electron chi connectivity index (χ4n) is 2.69. The molecule has 0 saturated carbocycles. The van der Waals surface area contributed by atoms with Gasteiger partial charge in [0, 0.05) is 49.1 Å². The van der Waals surface area contributed by atoms with Crippen molar-refractivity contribution in [1.29, 1.82) is 0 Å². The van der Waals surface area contributed by atoms with Crippen molar-refractivity contribution in [3.05, 3.63) is 63.6 Å². The van der Waals surface area contributed by atoms with Crippen molar-refractivity contribution in [2.45, 2.75) is 19.8 Å². The first kappa shape index (κ1) is 24.1. The molecular formula is C20H22Cl2N3O4S-. The van der Waals surface area contributed by atoms with Gasteiger partial charge in [0.05, 0.1) is 10.0 Å². The number of amides is 2. The van der Waals surface area contributed by atoms with Crippen molar-refractivity contribution in [2.24, 2.45) is 0 Å². The molecule has 0 radical (unpaired) electrons. The lowest BCUT2D eigenvalue weighted by molar-refractivity contribution is -0.118. The van der Waals surface area contributed by atoms with Crippen LogP contribution in [0.1, 0.15) is 29.3 Å². The van der Waals surface area contributed by atoms with E-state index in [-0.39, 0.29) is 18.4 Å². The molecule has 7 nitrogen and oxygen atoms in total. The van der Waals surface area contributed by atoms with E-state index in [1.165, 1.54) is 11.2 Å². The lowest BCUT2D eigenvalue weighted by atomic mass is 10.1. The Morgan fingerprint density at radius 1 is 1.07 bits per heavy atom. The molecule has 10 heteroatoms. The summed E-state index contributed by atoms with van der Waals surface area (Å²) in [4.78, 5) is 23.0. The van der Waals surface area contributed by atoms with Gasteiger partial charge in [-0.2, -0.15) is 0 Å². The smallest absolute Gasteiger partial charge is 0.251 e. The van der Waals surface area contributed by atoms with Gasteiger partial charge in [0.1, 0.15) is 0 Å². The normalized spacial score (nSPS) is 11.6. The van der Waals surface area contributed by atoms with Crippen LogP contribution in [-0.2, 0) is 22.5 Å². The van der Waals surface area contributed by atoms with Crippen LogP contribution in [0, 0.1) is 0 Å². The van der Waals surface area contributed by atoms with Gasteiger partial charge in [-0.15, -0.1) is 0 Å². The maximum absolute atomic E-state index is 12.2. The zero-order valence-corrected chi connectivity index (χ0v) is 18.6. The minimum Gasteiger partial charge on any atom is -0.755 e. The van der Waals surface area contributed by atoms with E-state index < -0.39 is 11.3 Å². The first-order valence-electron chi connectivity index (χ1n) is 9.22. The molecule has 0 aliphatic heterocycles. The van der Waals surface area contributed by atoms with Gasteiger partial charge in [0.2, 0.25) is 5.91 Å². The van der Waals surface area contributed by atoms with Gasteiger partial charge in [0.15, 0.2) is 0 Å². The number of benzene rings is 2. The number of carbonyl (C=O) groups excluding carboxylic acids is 2. The topological polar surface area (TPSA) is 102 Å². The molecule has 1 atom stereocenters. The van der Waals surface area contributed by atoms with Crippen molar-refractivity contribution < 1.29 is 18.4 Å². The molecule has 1 unspecified atom stereocenters. The second-order valence-corrected chi connectivity index (χ2v) is 8.08. The predicted molar refractivity (Wildman–Crippen MR) is 119 cm³/mol. The highest BCUT2D eigenvalue weighted by Gasteiger charge is 2.12. The molecule has 0 aliphatic rings. The summed E-state index contributed by atoms with van der Waals surface area (Å²) >= 11 is 9.67. The Labute approximate surface area is 188 Å². The van der Waals surface area contributed by atoms with Crippen LogP contribution < -0.4 is 14.9 Å². The molecule has 0 heterocycles. The first-order chi connectivity index (χ1) is 14.3. The highest BCUT2D eigenvalue weighted by Crippen LogP contribution is 2.26. The van der Waals surface area contributed by atoms with E-state index in [4.69, 9.17) is 23.2 Å². The molecule has 0 aliphatic carbocycles. The molecule has 0 fully saturated rings. The zero-order valence-electron chi connectivity index (χ0n) is 16.3. The molecular weight excluding hydrogens is 449 g/mol. The lowest BCUT2D eigenvalue weighted by Crippen LogP contribution is -2.29. The summed E-state index contributed by atoms with van der Waals surface area (Å²) in [6, 6.07) is 11.5.